The number of nitriles is 1. The average Bonchev–Trinajstić information content (AvgIpc) is 3.70. The second-order valence-corrected chi connectivity index (χ2v) is 12.0. The van der Waals surface area contributed by atoms with Crippen molar-refractivity contribution in [1.82, 2.24) is 10.6 Å². The van der Waals surface area contributed by atoms with Gasteiger partial charge in [0, 0.05) is 0 Å². The van der Waals surface area contributed by atoms with Gasteiger partial charge in [0.25, 0.3) is 0 Å². The molecule has 1 aromatic carbocycles. The van der Waals surface area contributed by atoms with Crippen molar-refractivity contribution in [2.24, 2.45) is 5.92 Å². The quantitative estimate of drug-likeness (QED) is 0.437. The first-order valence-electron chi connectivity index (χ1n) is 11.1. The molecule has 2 aliphatic rings. The van der Waals surface area contributed by atoms with Crippen molar-refractivity contribution >= 4 is 27.1 Å². The second kappa shape index (κ2) is 9.79. The molecule has 7 nitrogen and oxygen atoms in total. The lowest BCUT2D eigenvalue weighted by molar-refractivity contribution is -0.202. The molecular weight excluding hydrogens is 503 g/mol. The molecule has 2 fully saturated rings. The van der Waals surface area contributed by atoms with Crippen molar-refractivity contribution in [3.8, 4) is 11.8 Å². The van der Waals surface area contributed by atoms with Crippen LogP contribution in [0.25, 0.3) is 0 Å². The van der Waals surface area contributed by atoms with Crippen LogP contribution in [0.3, 0.4) is 0 Å². The number of nitrogens with zero attached hydrogens (tertiary/aromatic N) is 1. The summed E-state index contributed by atoms with van der Waals surface area (Å²) in [6.45, 7) is 0. The molecule has 2 N–H and O–H groups in total. The van der Waals surface area contributed by atoms with Gasteiger partial charge in [-0.2, -0.15) is 25.4 Å². The van der Waals surface area contributed by atoms with E-state index in [4.69, 9.17) is 4.74 Å². The summed E-state index contributed by atoms with van der Waals surface area (Å²) in [6.07, 6.45) is -1.61. The fourth-order valence-corrected chi connectivity index (χ4v) is 6.25. The minimum atomic E-state index is -3.94. The molecule has 188 valence electrons. The number of amides is 1. The molecule has 12 heteroatoms. The van der Waals surface area contributed by atoms with Gasteiger partial charge in [-0.25, -0.2) is 12.8 Å². The number of thiophene rings is 1. The van der Waals surface area contributed by atoms with Crippen LogP contribution in [-0.4, -0.2) is 43.5 Å². The van der Waals surface area contributed by atoms with Gasteiger partial charge in [0.2, 0.25) is 5.91 Å². The molecule has 2 saturated carbocycles. The van der Waals surface area contributed by atoms with Crippen LogP contribution in [0.4, 0.5) is 13.2 Å². The maximum absolute atomic E-state index is 15.4. The minimum Gasteiger partial charge on any atom is -0.431 e. The molecule has 1 amide bonds. The molecular formula is C23H24F3N3O4S2. The first kappa shape index (κ1) is 25.5. The Labute approximate surface area is 205 Å². The average molecular weight is 528 g/mol. The van der Waals surface area contributed by atoms with Crippen LogP contribution in [0.15, 0.2) is 41.1 Å². The Morgan fingerprint density at radius 3 is 2.49 bits per heavy atom. The molecule has 35 heavy (non-hydrogen) atoms. The molecule has 0 saturated heterocycles. The number of hydrogen-bond acceptors (Lipinski definition) is 7. The van der Waals surface area contributed by atoms with Crippen molar-refractivity contribution in [3.63, 3.8) is 0 Å². The van der Waals surface area contributed by atoms with E-state index in [0.717, 1.165) is 48.4 Å². The SMILES string of the molecule is N#CC1(NC(=O)[C@H](CS(=O)(=O)CC2CC2)N[C@@H](c2ccsc2)C(F)(F)Oc2ccc(F)cc2)CC1. The van der Waals surface area contributed by atoms with E-state index in [0.29, 0.717) is 12.8 Å². The summed E-state index contributed by atoms with van der Waals surface area (Å²) in [6, 6.07) is 3.96. The number of sulfone groups is 1. The van der Waals surface area contributed by atoms with Crippen molar-refractivity contribution in [1.29, 1.82) is 5.26 Å². The predicted molar refractivity (Wildman–Crippen MR) is 123 cm³/mol. The van der Waals surface area contributed by atoms with Crippen molar-refractivity contribution in [3.05, 3.63) is 52.5 Å². The number of carbonyl (C=O) groups is 1. The first-order valence-corrected chi connectivity index (χ1v) is 13.8. The van der Waals surface area contributed by atoms with Crippen LogP contribution in [-0.2, 0) is 14.6 Å². The smallest absolute Gasteiger partial charge is 0.418 e. The fourth-order valence-electron chi connectivity index (χ4n) is 3.62. The highest BCUT2D eigenvalue weighted by Gasteiger charge is 2.49. The van der Waals surface area contributed by atoms with Crippen LogP contribution in [0, 0.1) is 23.1 Å². The number of benzene rings is 1. The first-order chi connectivity index (χ1) is 16.5. The highest BCUT2D eigenvalue weighted by Crippen LogP contribution is 2.37. The number of alkyl halides is 2. The summed E-state index contributed by atoms with van der Waals surface area (Å²) in [7, 11) is -3.76. The van der Waals surface area contributed by atoms with E-state index in [-0.39, 0.29) is 23.0 Å². The normalized spacial score (nSPS) is 18.8. The maximum Gasteiger partial charge on any atom is 0.418 e. The summed E-state index contributed by atoms with van der Waals surface area (Å²) in [4.78, 5) is 13.1. The minimum absolute atomic E-state index is 0.00788. The van der Waals surface area contributed by atoms with E-state index in [1.54, 1.807) is 5.38 Å². The Balaban J connectivity index is 1.60. The molecule has 0 spiro atoms. The summed E-state index contributed by atoms with van der Waals surface area (Å²) >= 11 is 1.14. The third kappa shape index (κ3) is 6.74. The molecule has 2 aliphatic carbocycles. The van der Waals surface area contributed by atoms with Crippen LogP contribution >= 0.6 is 11.3 Å². The number of halogens is 3. The Morgan fingerprint density at radius 2 is 1.94 bits per heavy atom. The molecule has 2 atom stereocenters. The monoisotopic (exact) mass is 527 g/mol. The largest absolute Gasteiger partial charge is 0.431 e. The Morgan fingerprint density at radius 1 is 1.26 bits per heavy atom. The summed E-state index contributed by atoms with van der Waals surface area (Å²) in [5.41, 5.74) is -1.02. The second-order valence-electron chi connectivity index (χ2n) is 9.03. The third-order valence-corrected chi connectivity index (χ3v) is 8.42. The van der Waals surface area contributed by atoms with Gasteiger partial charge in [-0.3, -0.25) is 10.1 Å². The summed E-state index contributed by atoms with van der Waals surface area (Å²) in [5.74, 6) is -2.60. The van der Waals surface area contributed by atoms with Gasteiger partial charge in [0.05, 0.1) is 17.6 Å². The lowest BCUT2D eigenvalue weighted by Gasteiger charge is -2.31. The zero-order valence-corrected chi connectivity index (χ0v) is 20.2. The van der Waals surface area contributed by atoms with Gasteiger partial charge in [0.1, 0.15) is 29.2 Å². The summed E-state index contributed by atoms with van der Waals surface area (Å²) in [5, 5.41) is 17.3. The number of carbonyl (C=O) groups excluding carboxylic acids is 1. The maximum atomic E-state index is 15.4. The molecule has 0 bridgehead atoms. The Hall–Kier alpha value is -2.62. The molecule has 0 radical (unpaired) electrons. The van der Waals surface area contributed by atoms with Gasteiger partial charge in [-0.15, -0.1) is 0 Å². The molecule has 4 rings (SSSR count). The standard InChI is InChI=1S/C23H24F3N3O4S2/c24-17-3-5-18(6-4-17)33-23(25,26)20(16-7-10-34-11-16)28-19(13-35(31,32)12-15-1-2-15)21(30)29-22(14-27)8-9-22/h3-7,10-11,15,19-20,28H,1-2,8-9,12-13H2,(H,29,30)/t19-,20-/m0/s1. The van der Waals surface area contributed by atoms with Crippen molar-refractivity contribution in [2.75, 3.05) is 11.5 Å². The van der Waals surface area contributed by atoms with E-state index < -0.39 is 51.0 Å². The van der Waals surface area contributed by atoms with Gasteiger partial charge in [-0.1, -0.05) is 0 Å². The zero-order chi connectivity index (χ0) is 25.3. The lowest BCUT2D eigenvalue weighted by Crippen LogP contribution is -2.55. The van der Waals surface area contributed by atoms with E-state index in [2.05, 4.69) is 10.6 Å². The van der Waals surface area contributed by atoms with E-state index in [1.165, 1.54) is 11.4 Å². The van der Waals surface area contributed by atoms with E-state index >= 15 is 8.78 Å². The van der Waals surface area contributed by atoms with Gasteiger partial charge < -0.3 is 10.1 Å². The fraction of sp³-hybridized carbons (Fsp3) is 0.478. The van der Waals surface area contributed by atoms with Crippen LogP contribution in [0.2, 0.25) is 0 Å². The lowest BCUT2D eigenvalue weighted by atomic mass is 10.1. The van der Waals surface area contributed by atoms with Gasteiger partial charge >= 0.3 is 6.11 Å². The number of hydrogen-bond donors (Lipinski definition) is 2. The van der Waals surface area contributed by atoms with Crippen molar-refractivity contribution < 1.29 is 31.1 Å². The molecule has 1 heterocycles. The Kier molecular flexibility index (Phi) is 7.13. The third-order valence-electron chi connectivity index (χ3n) is 5.90. The van der Waals surface area contributed by atoms with E-state index in [1.807, 2.05) is 6.07 Å². The molecule has 0 aliphatic heterocycles. The van der Waals surface area contributed by atoms with Crippen molar-refractivity contribution in [2.45, 2.75) is 49.4 Å². The van der Waals surface area contributed by atoms with Crippen LogP contribution in [0.5, 0.6) is 5.75 Å². The predicted octanol–water partition coefficient (Wildman–Crippen LogP) is 3.56. The highest BCUT2D eigenvalue weighted by molar-refractivity contribution is 7.91. The zero-order valence-electron chi connectivity index (χ0n) is 18.5. The number of rotatable bonds is 12. The highest BCUT2D eigenvalue weighted by atomic mass is 32.2. The summed E-state index contributed by atoms with van der Waals surface area (Å²) < 4.78 is 74.4. The molecule has 1 aromatic heterocycles. The van der Waals surface area contributed by atoms with E-state index in [9.17, 15) is 22.9 Å². The van der Waals surface area contributed by atoms with Gasteiger partial charge in [0.15, 0.2) is 9.84 Å². The number of ether oxygens (including phenoxy) is 1. The Bertz CT molecular complexity index is 1190. The van der Waals surface area contributed by atoms with Gasteiger partial charge in [-0.05, 0) is 78.3 Å². The number of nitrogens with one attached hydrogen (secondary N) is 2. The topological polar surface area (TPSA) is 108 Å². The van der Waals surface area contributed by atoms with Crippen LogP contribution in [0.1, 0.15) is 37.3 Å². The molecule has 0 unspecified atom stereocenters. The molecule has 2 aromatic rings. The van der Waals surface area contributed by atoms with Crippen LogP contribution < -0.4 is 15.4 Å².